The molecule has 4 nitrogen and oxygen atoms in total. The Bertz CT molecular complexity index is 2740. The third-order valence-corrected chi connectivity index (χ3v) is 11.7. The number of hydrogen-bond donors (Lipinski definition) is 0. The molecule has 282 valence electrons. The molecule has 4 heteroatoms. The van der Waals surface area contributed by atoms with Gasteiger partial charge in [-0.1, -0.05) is 132 Å². The van der Waals surface area contributed by atoms with Gasteiger partial charge in [0.1, 0.15) is 6.07 Å². The molecule has 8 rings (SSSR count). The molecule has 5 aromatic carbocycles. The van der Waals surface area contributed by atoms with Crippen molar-refractivity contribution in [3.8, 4) is 28.6 Å². The molecular weight excluding hydrogens is 681 g/mol. The molecule has 0 fully saturated rings. The van der Waals surface area contributed by atoms with E-state index in [2.05, 4.69) is 200 Å². The average molecular weight is 735 g/mol. The molecule has 3 aromatic heterocycles. The Labute approximate surface area is 332 Å². The fraction of sp³-hybridized carbons (Fsp3) is 0.308. The first kappa shape index (κ1) is 37.3. The summed E-state index contributed by atoms with van der Waals surface area (Å²) in [7, 11) is 0. The van der Waals surface area contributed by atoms with E-state index in [0.717, 1.165) is 44.6 Å². The zero-order chi connectivity index (χ0) is 40.1. The Kier molecular flexibility index (Phi) is 8.44. The Morgan fingerprint density at radius 2 is 0.768 bits per heavy atom. The van der Waals surface area contributed by atoms with Gasteiger partial charge < -0.3 is 9.13 Å². The summed E-state index contributed by atoms with van der Waals surface area (Å²) in [6, 6.07) is 38.9. The lowest BCUT2D eigenvalue weighted by Gasteiger charge is -2.23. The lowest BCUT2D eigenvalue weighted by molar-refractivity contribution is 0.590. The number of rotatable bonds is 3. The van der Waals surface area contributed by atoms with Gasteiger partial charge in [0.15, 0.2) is 0 Å². The number of aromatic nitrogens is 3. The molecule has 0 saturated carbocycles. The Balaban J connectivity index is 1.55. The minimum Gasteiger partial charge on any atom is -0.309 e. The van der Waals surface area contributed by atoms with Crippen LogP contribution in [0, 0.1) is 11.3 Å². The lowest BCUT2D eigenvalue weighted by atomic mass is 9.86. The lowest BCUT2D eigenvalue weighted by Crippen LogP contribution is -2.12. The highest BCUT2D eigenvalue weighted by atomic mass is 15.0. The van der Waals surface area contributed by atoms with Crippen molar-refractivity contribution in [2.75, 3.05) is 0 Å². The van der Waals surface area contributed by atoms with Crippen LogP contribution in [0.3, 0.4) is 0 Å². The van der Waals surface area contributed by atoms with Crippen LogP contribution in [0.2, 0.25) is 0 Å². The van der Waals surface area contributed by atoms with Crippen molar-refractivity contribution >= 4 is 43.6 Å². The van der Waals surface area contributed by atoms with E-state index in [9.17, 15) is 5.26 Å². The molecule has 0 radical (unpaired) electrons. The summed E-state index contributed by atoms with van der Waals surface area (Å²) in [5.74, 6) is 0. The van der Waals surface area contributed by atoms with Crippen molar-refractivity contribution in [2.45, 2.75) is 105 Å². The molecule has 0 atom stereocenters. The van der Waals surface area contributed by atoms with E-state index in [4.69, 9.17) is 0 Å². The van der Waals surface area contributed by atoms with Crippen molar-refractivity contribution in [3.05, 3.63) is 137 Å². The van der Waals surface area contributed by atoms with Crippen molar-refractivity contribution in [3.63, 3.8) is 0 Å². The Morgan fingerprint density at radius 3 is 1.09 bits per heavy atom. The predicted octanol–water partition coefficient (Wildman–Crippen LogP) is 14.0. The second kappa shape index (κ2) is 12.7. The Hall–Kier alpha value is -5.66. The highest BCUT2D eigenvalue weighted by molar-refractivity contribution is 6.12. The summed E-state index contributed by atoms with van der Waals surface area (Å²) in [5.41, 5.74) is 13.9. The van der Waals surface area contributed by atoms with E-state index in [1.54, 1.807) is 0 Å². The van der Waals surface area contributed by atoms with Gasteiger partial charge in [0, 0.05) is 39.5 Å². The van der Waals surface area contributed by atoms with E-state index < -0.39 is 0 Å². The van der Waals surface area contributed by atoms with E-state index in [1.165, 1.54) is 43.8 Å². The normalized spacial score (nSPS) is 13.0. The smallest absolute Gasteiger partial charge is 0.101 e. The maximum Gasteiger partial charge on any atom is 0.101 e. The quantitative estimate of drug-likeness (QED) is 0.181. The fourth-order valence-electron chi connectivity index (χ4n) is 8.22. The van der Waals surface area contributed by atoms with Crippen molar-refractivity contribution in [1.29, 1.82) is 5.26 Å². The largest absolute Gasteiger partial charge is 0.309 e. The molecule has 0 N–H and O–H groups in total. The number of nitriles is 1. The molecule has 0 bridgehead atoms. The van der Waals surface area contributed by atoms with Gasteiger partial charge in [-0.3, -0.25) is 4.98 Å². The molecular formula is C52H54N4. The van der Waals surface area contributed by atoms with E-state index in [-0.39, 0.29) is 21.7 Å². The molecule has 3 heterocycles. The molecule has 0 saturated heterocycles. The molecule has 0 unspecified atom stereocenters. The maximum absolute atomic E-state index is 11.3. The van der Waals surface area contributed by atoms with Gasteiger partial charge in [-0.05, 0) is 98.0 Å². The monoisotopic (exact) mass is 734 g/mol. The van der Waals surface area contributed by atoms with Crippen LogP contribution in [0.5, 0.6) is 0 Å². The van der Waals surface area contributed by atoms with Gasteiger partial charge in [0.25, 0.3) is 0 Å². The van der Waals surface area contributed by atoms with Gasteiger partial charge in [0.2, 0.25) is 0 Å². The van der Waals surface area contributed by atoms with Gasteiger partial charge >= 0.3 is 0 Å². The highest BCUT2D eigenvalue weighted by Crippen LogP contribution is 2.43. The van der Waals surface area contributed by atoms with Crippen LogP contribution in [0.1, 0.15) is 111 Å². The van der Waals surface area contributed by atoms with Crippen LogP contribution < -0.4 is 0 Å². The van der Waals surface area contributed by atoms with Crippen molar-refractivity contribution < 1.29 is 0 Å². The van der Waals surface area contributed by atoms with Gasteiger partial charge in [0.05, 0.1) is 39.0 Å². The van der Waals surface area contributed by atoms with Crippen LogP contribution in [-0.4, -0.2) is 14.1 Å². The van der Waals surface area contributed by atoms with E-state index in [0.29, 0.717) is 5.56 Å². The second-order valence-corrected chi connectivity index (χ2v) is 19.8. The van der Waals surface area contributed by atoms with Crippen molar-refractivity contribution in [1.82, 2.24) is 14.1 Å². The molecule has 8 aromatic rings. The maximum atomic E-state index is 11.3. The van der Waals surface area contributed by atoms with Crippen LogP contribution in [0.25, 0.3) is 66.1 Å². The van der Waals surface area contributed by atoms with Crippen molar-refractivity contribution in [2.24, 2.45) is 0 Å². The van der Waals surface area contributed by atoms with Crippen LogP contribution in [0.15, 0.2) is 109 Å². The fourth-order valence-corrected chi connectivity index (χ4v) is 8.22. The standard InChI is InChI=1S/C52H54N4/c1-49(2,3)34-13-17-38-39-18-14-35(50(4,5)6)27-46(39)55(45(38)26-34)43-30-42(32-21-23-54-24-22-32)44(25-33(43)31-53)56-47-28-36(51(7,8)9)15-19-40(47)41-20-16-37(29-48(41)56)52(10,11)12/h13-30H,1-12H3. The number of pyridine rings is 1. The minimum absolute atomic E-state index is 0.0456. The summed E-state index contributed by atoms with van der Waals surface area (Å²) in [6.07, 6.45) is 3.73. The predicted molar refractivity (Wildman–Crippen MR) is 238 cm³/mol. The van der Waals surface area contributed by atoms with Crippen LogP contribution in [0.4, 0.5) is 0 Å². The third kappa shape index (κ3) is 6.19. The average Bonchev–Trinajstić information content (AvgIpc) is 3.64. The summed E-state index contributed by atoms with van der Waals surface area (Å²) in [6.45, 7) is 27.2. The third-order valence-electron chi connectivity index (χ3n) is 11.7. The molecule has 0 aliphatic rings. The number of nitrogens with zero attached hydrogens (tertiary/aromatic N) is 4. The number of hydrogen-bond acceptors (Lipinski definition) is 2. The van der Waals surface area contributed by atoms with Gasteiger partial charge in [-0.2, -0.15) is 5.26 Å². The summed E-state index contributed by atoms with van der Waals surface area (Å²) >= 11 is 0. The molecule has 0 amide bonds. The number of benzene rings is 5. The summed E-state index contributed by atoms with van der Waals surface area (Å²) < 4.78 is 4.76. The Morgan fingerprint density at radius 1 is 0.429 bits per heavy atom. The van der Waals surface area contributed by atoms with Gasteiger partial charge in [-0.15, -0.1) is 0 Å². The topological polar surface area (TPSA) is 46.5 Å². The zero-order valence-electron chi connectivity index (χ0n) is 35.2. The minimum atomic E-state index is -0.0511. The first-order chi connectivity index (χ1) is 26.3. The first-order valence-corrected chi connectivity index (χ1v) is 19.9. The summed E-state index contributed by atoms with van der Waals surface area (Å²) in [4.78, 5) is 4.43. The SMILES string of the molecule is CC(C)(C)c1ccc2c3ccc(C(C)(C)C)cc3n(-c3cc(-c4ccncc4)c(-n4c5cc(C(C)(C)C)ccc5c5ccc(C(C)(C)C)cc54)cc3C#N)c2c1. The number of fused-ring (bicyclic) bond motifs is 6. The molecule has 0 aliphatic heterocycles. The highest BCUT2D eigenvalue weighted by Gasteiger charge is 2.26. The molecule has 56 heavy (non-hydrogen) atoms. The van der Waals surface area contributed by atoms with Gasteiger partial charge in [-0.25, -0.2) is 0 Å². The zero-order valence-corrected chi connectivity index (χ0v) is 35.2. The van der Waals surface area contributed by atoms with E-state index in [1.807, 2.05) is 12.4 Å². The van der Waals surface area contributed by atoms with E-state index >= 15 is 0 Å². The molecule has 0 aliphatic carbocycles. The molecule has 0 spiro atoms. The van der Waals surface area contributed by atoms with Crippen LogP contribution in [-0.2, 0) is 21.7 Å². The van der Waals surface area contributed by atoms with Crippen LogP contribution >= 0.6 is 0 Å². The first-order valence-electron chi connectivity index (χ1n) is 19.9. The second-order valence-electron chi connectivity index (χ2n) is 19.8. The summed E-state index contributed by atoms with van der Waals surface area (Å²) in [5, 5.41) is 16.0.